The van der Waals surface area contributed by atoms with E-state index in [0.717, 1.165) is 25.7 Å². The Hall–Kier alpha value is -3.41. The summed E-state index contributed by atoms with van der Waals surface area (Å²) in [6.45, 7) is 1.66. The van der Waals surface area contributed by atoms with E-state index in [1.54, 1.807) is 6.07 Å². The predicted octanol–water partition coefficient (Wildman–Crippen LogP) is 2.79. The summed E-state index contributed by atoms with van der Waals surface area (Å²) in [7, 11) is -2.26. The highest BCUT2D eigenvalue weighted by Crippen LogP contribution is 2.42. The summed E-state index contributed by atoms with van der Waals surface area (Å²) in [5.74, 6) is -2.00. The highest BCUT2D eigenvalue weighted by molar-refractivity contribution is 7.89. The second kappa shape index (κ2) is 10.4. The number of ether oxygens (including phenoxy) is 2. The molecular formula is C27H30N2O8S. The van der Waals surface area contributed by atoms with Crippen molar-refractivity contribution < 1.29 is 37.7 Å². The number of amides is 1. The van der Waals surface area contributed by atoms with Gasteiger partial charge in [0.1, 0.15) is 5.76 Å². The first-order valence-corrected chi connectivity index (χ1v) is 14.0. The summed E-state index contributed by atoms with van der Waals surface area (Å²) in [5.41, 5.74) is 0.541. The molecular weight excluding hydrogens is 512 g/mol. The van der Waals surface area contributed by atoms with Gasteiger partial charge in [0.2, 0.25) is 10.0 Å². The standard InChI is InChI=1S/C27H30N2O8S/c1-36-22-15-18(8-11-21(22)30)24-23(26(32)27(33)29(24)16-19-5-4-14-37-19)25(31)17-6-9-20(10-7-17)38(34,35)28-12-2-3-13-28/h6-11,15,19,24,30-31H,2-5,12-14,16H2,1H3/b25-23+. The van der Waals surface area contributed by atoms with Crippen LogP contribution in [-0.4, -0.2) is 79.0 Å². The van der Waals surface area contributed by atoms with Crippen LogP contribution in [0.3, 0.4) is 0 Å². The number of benzene rings is 2. The molecule has 3 heterocycles. The number of nitrogens with zero attached hydrogens (tertiary/aromatic N) is 2. The average Bonchev–Trinajstić information content (AvgIpc) is 3.69. The fourth-order valence-electron chi connectivity index (χ4n) is 5.30. The summed E-state index contributed by atoms with van der Waals surface area (Å²) in [5, 5.41) is 21.4. The first-order chi connectivity index (χ1) is 18.2. The molecule has 2 aromatic carbocycles. The van der Waals surface area contributed by atoms with E-state index < -0.39 is 33.5 Å². The lowest BCUT2D eigenvalue weighted by Gasteiger charge is -2.27. The molecule has 0 saturated carbocycles. The van der Waals surface area contributed by atoms with E-state index in [-0.39, 0.29) is 40.2 Å². The van der Waals surface area contributed by atoms with E-state index in [4.69, 9.17) is 9.47 Å². The molecule has 5 rings (SSSR count). The number of hydrogen-bond acceptors (Lipinski definition) is 8. The van der Waals surface area contributed by atoms with Gasteiger partial charge in [-0.25, -0.2) is 8.42 Å². The molecule has 0 aliphatic carbocycles. The van der Waals surface area contributed by atoms with Crippen molar-refractivity contribution in [1.82, 2.24) is 9.21 Å². The third-order valence-electron chi connectivity index (χ3n) is 7.31. The lowest BCUT2D eigenvalue weighted by molar-refractivity contribution is -0.140. The molecule has 3 saturated heterocycles. The van der Waals surface area contributed by atoms with Crippen LogP contribution in [0.2, 0.25) is 0 Å². The molecule has 0 bridgehead atoms. The Morgan fingerprint density at radius 1 is 1.08 bits per heavy atom. The maximum absolute atomic E-state index is 13.3. The summed E-state index contributed by atoms with van der Waals surface area (Å²) < 4.78 is 38.2. The molecule has 3 aliphatic rings. The van der Waals surface area contributed by atoms with Gasteiger partial charge in [-0.15, -0.1) is 0 Å². The molecule has 0 aromatic heterocycles. The first kappa shape index (κ1) is 26.2. The Balaban J connectivity index is 1.56. The molecule has 0 spiro atoms. The molecule has 2 aromatic rings. The molecule has 202 valence electrons. The van der Waals surface area contributed by atoms with E-state index in [0.29, 0.717) is 25.3 Å². The van der Waals surface area contributed by atoms with Crippen LogP contribution >= 0.6 is 0 Å². The van der Waals surface area contributed by atoms with Crippen molar-refractivity contribution in [2.75, 3.05) is 33.4 Å². The van der Waals surface area contributed by atoms with Crippen molar-refractivity contribution >= 4 is 27.5 Å². The lowest BCUT2D eigenvalue weighted by Crippen LogP contribution is -2.36. The van der Waals surface area contributed by atoms with Crippen molar-refractivity contribution in [3.05, 3.63) is 59.2 Å². The number of hydrogen-bond donors (Lipinski definition) is 2. The van der Waals surface area contributed by atoms with Gasteiger partial charge in [-0.05, 0) is 67.6 Å². The van der Waals surface area contributed by atoms with Gasteiger partial charge in [-0.2, -0.15) is 4.31 Å². The summed E-state index contributed by atoms with van der Waals surface area (Å²) in [6.07, 6.45) is 2.96. The Morgan fingerprint density at radius 2 is 1.79 bits per heavy atom. The Kier molecular flexibility index (Phi) is 7.17. The SMILES string of the molecule is COc1cc(C2/C(=C(\O)c3ccc(S(=O)(=O)N4CCCC4)cc3)C(=O)C(=O)N2CC2CCCO2)ccc1O. The number of ketones is 1. The molecule has 11 heteroatoms. The Morgan fingerprint density at radius 3 is 2.42 bits per heavy atom. The molecule has 3 aliphatic heterocycles. The minimum absolute atomic E-state index is 0.0922. The summed E-state index contributed by atoms with van der Waals surface area (Å²) >= 11 is 0. The quantitative estimate of drug-likeness (QED) is 0.310. The average molecular weight is 543 g/mol. The second-order valence-electron chi connectivity index (χ2n) is 9.65. The van der Waals surface area contributed by atoms with Crippen molar-refractivity contribution in [2.45, 2.75) is 42.7 Å². The minimum Gasteiger partial charge on any atom is -0.507 e. The van der Waals surface area contributed by atoms with Gasteiger partial charge in [-0.3, -0.25) is 9.59 Å². The fourth-order valence-corrected chi connectivity index (χ4v) is 6.82. The van der Waals surface area contributed by atoms with Crippen LogP contribution in [0.5, 0.6) is 11.5 Å². The second-order valence-corrected chi connectivity index (χ2v) is 11.6. The van der Waals surface area contributed by atoms with Gasteiger partial charge < -0.3 is 24.6 Å². The van der Waals surface area contributed by atoms with Crippen LogP contribution in [0.4, 0.5) is 0 Å². The smallest absolute Gasteiger partial charge is 0.295 e. The van der Waals surface area contributed by atoms with Gasteiger partial charge in [0.25, 0.3) is 11.7 Å². The number of carbonyl (C=O) groups is 2. The van der Waals surface area contributed by atoms with E-state index >= 15 is 0 Å². The number of aliphatic hydroxyl groups excluding tert-OH is 1. The van der Waals surface area contributed by atoms with Gasteiger partial charge in [0, 0.05) is 31.8 Å². The van der Waals surface area contributed by atoms with Gasteiger partial charge >= 0.3 is 0 Å². The molecule has 2 unspecified atom stereocenters. The first-order valence-electron chi connectivity index (χ1n) is 12.6. The van der Waals surface area contributed by atoms with Gasteiger partial charge in [0.05, 0.1) is 29.7 Å². The number of sulfonamides is 1. The maximum Gasteiger partial charge on any atom is 0.295 e. The number of carbonyl (C=O) groups excluding carboxylic acids is 2. The predicted molar refractivity (Wildman–Crippen MR) is 137 cm³/mol. The highest BCUT2D eigenvalue weighted by Gasteiger charge is 2.47. The number of aromatic hydroxyl groups is 1. The highest BCUT2D eigenvalue weighted by atomic mass is 32.2. The van der Waals surface area contributed by atoms with Crippen LogP contribution in [0.15, 0.2) is 52.9 Å². The number of rotatable bonds is 7. The zero-order valence-electron chi connectivity index (χ0n) is 21.0. The minimum atomic E-state index is -3.65. The summed E-state index contributed by atoms with van der Waals surface area (Å²) in [4.78, 5) is 27.9. The molecule has 38 heavy (non-hydrogen) atoms. The van der Waals surface area contributed by atoms with Gasteiger partial charge in [0.15, 0.2) is 11.5 Å². The number of aliphatic hydroxyl groups is 1. The number of phenols is 1. The summed E-state index contributed by atoms with van der Waals surface area (Å²) in [6, 6.07) is 9.18. The zero-order chi connectivity index (χ0) is 27.0. The van der Waals surface area contributed by atoms with E-state index in [1.165, 1.54) is 52.7 Å². The molecule has 2 atom stereocenters. The monoisotopic (exact) mass is 542 g/mol. The van der Waals surface area contributed by atoms with Crippen molar-refractivity contribution in [3.63, 3.8) is 0 Å². The largest absolute Gasteiger partial charge is 0.507 e. The molecule has 0 radical (unpaired) electrons. The van der Waals surface area contributed by atoms with Crippen LogP contribution in [0, 0.1) is 0 Å². The molecule has 1 amide bonds. The maximum atomic E-state index is 13.3. The van der Waals surface area contributed by atoms with Crippen LogP contribution < -0.4 is 4.74 Å². The lowest BCUT2D eigenvalue weighted by atomic mass is 9.95. The van der Waals surface area contributed by atoms with E-state index in [1.807, 2.05) is 0 Å². The third-order valence-corrected chi connectivity index (χ3v) is 9.23. The van der Waals surface area contributed by atoms with E-state index in [2.05, 4.69) is 0 Å². The van der Waals surface area contributed by atoms with Crippen molar-refractivity contribution in [3.8, 4) is 11.5 Å². The number of methoxy groups -OCH3 is 1. The van der Waals surface area contributed by atoms with Crippen molar-refractivity contribution in [1.29, 1.82) is 0 Å². The number of phenolic OH excluding ortho intramolecular Hbond substituents is 1. The Bertz CT molecular complexity index is 1370. The number of likely N-dealkylation sites (tertiary alicyclic amines) is 1. The third kappa shape index (κ3) is 4.65. The van der Waals surface area contributed by atoms with E-state index in [9.17, 15) is 28.2 Å². The van der Waals surface area contributed by atoms with Crippen LogP contribution in [0.1, 0.15) is 42.9 Å². The topological polar surface area (TPSA) is 134 Å². The molecule has 2 N–H and O–H groups in total. The zero-order valence-corrected chi connectivity index (χ0v) is 21.8. The fraction of sp³-hybridized carbons (Fsp3) is 0.407. The molecule has 10 nitrogen and oxygen atoms in total. The number of Topliss-reactive ketones (excluding diaryl/α,β-unsaturated/α-hetero) is 1. The normalized spacial score (nSPS) is 23.9. The van der Waals surface area contributed by atoms with Crippen molar-refractivity contribution in [2.24, 2.45) is 0 Å². The van der Waals surface area contributed by atoms with Crippen LogP contribution in [0.25, 0.3) is 5.76 Å². The van der Waals surface area contributed by atoms with Crippen LogP contribution in [-0.2, 0) is 24.3 Å². The Labute approximate surface area is 221 Å². The van der Waals surface area contributed by atoms with Gasteiger partial charge in [-0.1, -0.05) is 6.07 Å². The molecule has 3 fully saturated rings.